The Kier molecular flexibility index (Phi) is 7.49. The Morgan fingerprint density at radius 2 is 1.92 bits per heavy atom. The molecule has 0 aliphatic carbocycles. The number of hydrogen-bond acceptors (Lipinski definition) is 3. The molecular formula is C5H13ClNO5P. The molecule has 0 aliphatic rings. The summed E-state index contributed by atoms with van der Waals surface area (Å²) in [6, 6.07) is -1.03. The Labute approximate surface area is 81.7 Å². The highest BCUT2D eigenvalue weighted by Gasteiger charge is 2.16. The summed E-state index contributed by atoms with van der Waals surface area (Å²) < 4.78 is 10.3. The van der Waals surface area contributed by atoms with Gasteiger partial charge in [-0.1, -0.05) is 0 Å². The molecule has 80 valence electrons. The molecule has 0 aromatic heterocycles. The summed E-state index contributed by atoms with van der Waals surface area (Å²) in [5.41, 5.74) is 5.09. The molecule has 0 bridgehead atoms. The second kappa shape index (κ2) is 6.34. The van der Waals surface area contributed by atoms with Crippen LogP contribution in [-0.4, -0.2) is 33.1 Å². The van der Waals surface area contributed by atoms with Gasteiger partial charge in [-0.3, -0.25) is 9.36 Å². The second-order valence-corrected chi connectivity index (χ2v) is 4.25. The van der Waals surface area contributed by atoms with E-state index >= 15 is 0 Å². The largest absolute Gasteiger partial charge is 0.480 e. The van der Waals surface area contributed by atoms with E-state index in [-0.39, 0.29) is 31.4 Å². The van der Waals surface area contributed by atoms with Crippen LogP contribution in [0.5, 0.6) is 0 Å². The van der Waals surface area contributed by atoms with E-state index in [0.717, 1.165) is 0 Å². The first kappa shape index (κ1) is 15.3. The lowest BCUT2D eigenvalue weighted by Gasteiger charge is -2.06. The van der Waals surface area contributed by atoms with Crippen LogP contribution in [0.4, 0.5) is 0 Å². The first-order valence-corrected chi connectivity index (χ1v) is 5.15. The molecule has 0 rings (SSSR count). The molecule has 0 aromatic carbocycles. The molecule has 0 unspecified atom stereocenters. The molecule has 5 N–H and O–H groups in total. The molecule has 0 saturated heterocycles. The van der Waals surface area contributed by atoms with Crippen molar-refractivity contribution in [2.75, 3.05) is 6.16 Å². The molecule has 0 amide bonds. The van der Waals surface area contributed by atoms with Crippen LogP contribution in [0.15, 0.2) is 0 Å². The molecule has 8 heteroatoms. The molecule has 1 atom stereocenters. The SMILES string of the molecule is Cl.N[C@@H](CCCP(=O)(O)O)C(=O)O. The van der Waals surface area contributed by atoms with Crippen molar-refractivity contribution in [2.45, 2.75) is 18.9 Å². The van der Waals surface area contributed by atoms with Gasteiger partial charge in [-0.25, -0.2) is 0 Å². The molecule has 0 aliphatic heterocycles. The van der Waals surface area contributed by atoms with Crippen LogP contribution in [0.2, 0.25) is 0 Å². The number of carbonyl (C=O) groups is 1. The van der Waals surface area contributed by atoms with E-state index in [0.29, 0.717) is 0 Å². The summed E-state index contributed by atoms with van der Waals surface area (Å²) in [5, 5.41) is 8.29. The molecule has 0 aromatic rings. The average molecular weight is 234 g/mol. The Morgan fingerprint density at radius 1 is 1.46 bits per heavy atom. The number of rotatable bonds is 5. The summed E-state index contributed by atoms with van der Waals surface area (Å²) in [6.07, 6.45) is -0.105. The average Bonchev–Trinajstić information content (AvgIpc) is 1.84. The van der Waals surface area contributed by atoms with Gasteiger partial charge in [-0.15, -0.1) is 12.4 Å². The van der Waals surface area contributed by atoms with Gasteiger partial charge in [0.05, 0.1) is 0 Å². The Bertz CT molecular complexity index is 205. The summed E-state index contributed by atoms with van der Waals surface area (Å²) in [7, 11) is -4.00. The van der Waals surface area contributed by atoms with Crippen molar-refractivity contribution in [3.05, 3.63) is 0 Å². The molecule has 13 heavy (non-hydrogen) atoms. The molecular weight excluding hydrogens is 220 g/mol. The van der Waals surface area contributed by atoms with Crippen LogP contribution >= 0.6 is 20.0 Å². The van der Waals surface area contributed by atoms with Crippen LogP contribution in [0.3, 0.4) is 0 Å². The fourth-order valence-corrected chi connectivity index (χ4v) is 1.24. The molecule has 0 heterocycles. The number of hydrogen-bond donors (Lipinski definition) is 4. The molecule has 0 fully saturated rings. The van der Waals surface area contributed by atoms with Crippen molar-refractivity contribution >= 4 is 26.0 Å². The van der Waals surface area contributed by atoms with Crippen LogP contribution in [0.25, 0.3) is 0 Å². The van der Waals surface area contributed by atoms with E-state index in [9.17, 15) is 9.36 Å². The zero-order chi connectivity index (χ0) is 9.78. The predicted molar refractivity (Wildman–Crippen MR) is 49.0 cm³/mol. The lowest BCUT2D eigenvalue weighted by Crippen LogP contribution is -2.29. The summed E-state index contributed by atoms with van der Waals surface area (Å²) in [4.78, 5) is 26.9. The zero-order valence-electron chi connectivity index (χ0n) is 6.79. The maximum Gasteiger partial charge on any atom is 0.325 e. The fourth-order valence-electron chi connectivity index (χ4n) is 0.641. The van der Waals surface area contributed by atoms with Gasteiger partial charge < -0.3 is 20.6 Å². The van der Waals surface area contributed by atoms with E-state index in [1.54, 1.807) is 0 Å². The number of nitrogens with two attached hydrogens (primary N) is 1. The number of carboxylic acid groups (broad SMARTS) is 1. The van der Waals surface area contributed by atoms with Gasteiger partial charge in [0, 0.05) is 6.16 Å². The van der Waals surface area contributed by atoms with Crippen molar-refractivity contribution < 1.29 is 24.3 Å². The third-order valence-corrected chi connectivity index (χ3v) is 2.18. The first-order chi connectivity index (χ1) is 5.33. The smallest absolute Gasteiger partial charge is 0.325 e. The van der Waals surface area contributed by atoms with Crippen LogP contribution in [0.1, 0.15) is 12.8 Å². The van der Waals surface area contributed by atoms with Gasteiger partial charge in [0.15, 0.2) is 0 Å². The van der Waals surface area contributed by atoms with Gasteiger partial charge in [0.25, 0.3) is 0 Å². The molecule has 0 radical (unpaired) electrons. The molecule has 6 nitrogen and oxygen atoms in total. The first-order valence-electron chi connectivity index (χ1n) is 3.36. The monoisotopic (exact) mass is 233 g/mol. The molecule has 0 saturated carbocycles. The van der Waals surface area contributed by atoms with Gasteiger partial charge in [0.1, 0.15) is 6.04 Å². The molecule has 0 spiro atoms. The Morgan fingerprint density at radius 3 is 2.23 bits per heavy atom. The van der Waals surface area contributed by atoms with E-state index in [1.807, 2.05) is 0 Å². The van der Waals surface area contributed by atoms with Crippen molar-refractivity contribution in [2.24, 2.45) is 5.73 Å². The van der Waals surface area contributed by atoms with Gasteiger partial charge in [0.2, 0.25) is 0 Å². The van der Waals surface area contributed by atoms with Crippen molar-refractivity contribution in [1.82, 2.24) is 0 Å². The van der Waals surface area contributed by atoms with Crippen LogP contribution in [-0.2, 0) is 9.36 Å². The van der Waals surface area contributed by atoms with Crippen LogP contribution in [0, 0.1) is 0 Å². The quantitative estimate of drug-likeness (QED) is 0.487. The Hall–Kier alpha value is -0.130. The summed E-state index contributed by atoms with van der Waals surface area (Å²) in [5.74, 6) is -1.15. The highest BCUT2D eigenvalue weighted by atomic mass is 35.5. The fraction of sp³-hybridized carbons (Fsp3) is 0.800. The normalized spacial score (nSPS) is 13.2. The van der Waals surface area contributed by atoms with E-state index < -0.39 is 19.6 Å². The summed E-state index contributed by atoms with van der Waals surface area (Å²) in [6.45, 7) is 0. The Balaban J connectivity index is 0. The standard InChI is InChI=1S/C5H12NO5P.ClH/c6-4(5(7)8)2-1-3-12(9,10)11;/h4H,1-3,6H2,(H,7,8)(H2,9,10,11);1H/t4-;/m0./s1. The number of aliphatic carboxylic acids is 1. The van der Waals surface area contributed by atoms with Crippen molar-refractivity contribution in [3.63, 3.8) is 0 Å². The predicted octanol–water partition coefficient (Wildman–Crippen LogP) is -0.222. The minimum absolute atomic E-state index is 0. The third kappa shape index (κ3) is 9.79. The third-order valence-electron chi connectivity index (χ3n) is 1.28. The van der Waals surface area contributed by atoms with Gasteiger partial charge >= 0.3 is 13.6 Å². The highest BCUT2D eigenvalue weighted by Crippen LogP contribution is 2.35. The van der Waals surface area contributed by atoms with E-state index in [4.69, 9.17) is 20.6 Å². The zero-order valence-corrected chi connectivity index (χ0v) is 8.50. The second-order valence-electron chi connectivity index (χ2n) is 2.48. The van der Waals surface area contributed by atoms with E-state index in [1.165, 1.54) is 0 Å². The van der Waals surface area contributed by atoms with Crippen LogP contribution < -0.4 is 5.73 Å². The van der Waals surface area contributed by atoms with Crippen molar-refractivity contribution in [1.29, 1.82) is 0 Å². The minimum atomic E-state index is -4.00. The number of carboxylic acids is 1. The van der Waals surface area contributed by atoms with Gasteiger partial charge in [-0.05, 0) is 12.8 Å². The minimum Gasteiger partial charge on any atom is -0.480 e. The summed E-state index contributed by atoms with van der Waals surface area (Å²) >= 11 is 0. The maximum atomic E-state index is 10.3. The van der Waals surface area contributed by atoms with Crippen molar-refractivity contribution in [3.8, 4) is 0 Å². The lowest BCUT2D eigenvalue weighted by molar-refractivity contribution is -0.138. The maximum absolute atomic E-state index is 10.3. The highest BCUT2D eigenvalue weighted by molar-refractivity contribution is 7.51. The van der Waals surface area contributed by atoms with E-state index in [2.05, 4.69) is 0 Å². The lowest BCUT2D eigenvalue weighted by atomic mass is 10.2. The number of halogens is 1. The topological polar surface area (TPSA) is 121 Å². The van der Waals surface area contributed by atoms with Gasteiger partial charge in [-0.2, -0.15) is 0 Å².